The summed E-state index contributed by atoms with van der Waals surface area (Å²) in [5.41, 5.74) is -0.247. The standard InChI is InChI=1S/C31H24F2O8/c1-16(2)29(35)39-22-10-19(9-21(13-22)38-15-34)25-7-8-26(28(33)27(25)32)20-11-23(40-30(36)17(3)4)14-24(12-20)41-31(37)18(5)6/h7-15H,1,3,5H2,2,4,6H3. The molecule has 3 aromatic rings. The van der Waals surface area contributed by atoms with Crippen LogP contribution in [0.1, 0.15) is 20.8 Å². The average Bonchev–Trinajstić information content (AvgIpc) is 2.89. The number of hydrogen-bond acceptors (Lipinski definition) is 8. The molecule has 210 valence electrons. The Morgan fingerprint density at radius 2 is 0.927 bits per heavy atom. The first-order valence-electron chi connectivity index (χ1n) is 11.8. The molecule has 0 bridgehead atoms. The lowest BCUT2D eigenvalue weighted by Crippen LogP contribution is -2.10. The van der Waals surface area contributed by atoms with Crippen molar-refractivity contribution in [3.05, 3.63) is 96.6 Å². The SMILES string of the molecule is C=C(C)C(=O)Oc1cc(OC=O)cc(-c2ccc(-c3cc(OC(=O)C(=C)C)cc(OC(=O)C(=C)C)c3)c(F)c2F)c1. The lowest BCUT2D eigenvalue weighted by molar-refractivity contribution is -0.131. The van der Waals surface area contributed by atoms with Crippen LogP contribution in [0.15, 0.2) is 85.0 Å². The van der Waals surface area contributed by atoms with Gasteiger partial charge >= 0.3 is 17.9 Å². The largest absolute Gasteiger partial charge is 0.429 e. The number of carbonyl (C=O) groups excluding carboxylic acids is 4. The number of hydrogen-bond donors (Lipinski definition) is 0. The normalized spacial score (nSPS) is 10.3. The molecule has 0 fully saturated rings. The highest BCUT2D eigenvalue weighted by Gasteiger charge is 2.20. The van der Waals surface area contributed by atoms with Crippen LogP contribution >= 0.6 is 0 Å². The molecule has 0 saturated heterocycles. The third-order valence-corrected chi connectivity index (χ3v) is 5.33. The van der Waals surface area contributed by atoms with Crippen LogP contribution in [0.2, 0.25) is 0 Å². The molecular formula is C31H24F2O8. The Morgan fingerprint density at radius 1 is 0.610 bits per heavy atom. The first-order chi connectivity index (χ1) is 19.3. The van der Waals surface area contributed by atoms with Gasteiger partial charge < -0.3 is 18.9 Å². The van der Waals surface area contributed by atoms with E-state index in [0.717, 1.165) is 0 Å². The second-order valence-corrected chi connectivity index (χ2v) is 8.90. The summed E-state index contributed by atoms with van der Waals surface area (Å²) in [6.07, 6.45) is 0. The van der Waals surface area contributed by atoms with Gasteiger partial charge in [0.1, 0.15) is 23.0 Å². The van der Waals surface area contributed by atoms with Crippen LogP contribution in [0.4, 0.5) is 8.78 Å². The molecule has 0 heterocycles. The van der Waals surface area contributed by atoms with Crippen molar-refractivity contribution in [2.24, 2.45) is 0 Å². The molecule has 10 heteroatoms. The zero-order chi connectivity index (χ0) is 30.4. The van der Waals surface area contributed by atoms with Crippen LogP contribution in [0.25, 0.3) is 22.3 Å². The van der Waals surface area contributed by atoms with E-state index in [1.807, 2.05) is 0 Å². The number of esters is 3. The van der Waals surface area contributed by atoms with E-state index in [0.29, 0.717) is 0 Å². The van der Waals surface area contributed by atoms with Crippen LogP contribution in [-0.4, -0.2) is 24.4 Å². The van der Waals surface area contributed by atoms with Crippen molar-refractivity contribution < 1.29 is 46.9 Å². The summed E-state index contributed by atoms with van der Waals surface area (Å²) in [6.45, 7) is 14.9. The number of rotatable bonds is 10. The molecule has 0 radical (unpaired) electrons. The monoisotopic (exact) mass is 562 g/mol. The number of ether oxygens (including phenoxy) is 4. The van der Waals surface area contributed by atoms with E-state index in [1.165, 1.54) is 69.3 Å². The predicted molar refractivity (Wildman–Crippen MR) is 145 cm³/mol. The van der Waals surface area contributed by atoms with E-state index in [2.05, 4.69) is 19.7 Å². The van der Waals surface area contributed by atoms with Gasteiger partial charge in [-0.05, 0) is 56.2 Å². The Hall–Kier alpha value is -5.38. The highest BCUT2D eigenvalue weighted by molar-refractivity contribution is 5.91. The molecular weight excluding hydrogens is 538 g/mol. The van der Waals surface area contributed by atoms with Crippen LogP contribution in [-0.2, 0) is 19.2 Å². The Balaban J connectivity index is 2.13. The lowest BCUT2D eigenvalue weighted by Gasteiger charge is -2.14. The fourth-order valence-electron chi connectivity index (χ4n) is 3.33. The van der Waals surface area contributed by atoms with Crippen LogP contribution in [0, 0.1) is 11.6 Å². The summed E-state index contributed by atoms with van der Waals surface area (Å²) in [7, 11) is 0. The van der Waals surface area contributed by atoms with Gasteiger partial charge in [0.15, 0.2) is 11.6 Å². The van der Waals surface area contributed by atoms with Crippen molar-refractivity contribution >= 4 is 24.4 Å². The van der Waals surface area contributed by atoms with E-state index in [9.17, 15) is 19.2 Å². The summed E-state index contributed by atoms with van der Waals surface area (Å²) >= 11 is 0. The molecule has 0 aliphatic rings. The van der Waals surface area contributed by atoms with Crippen LogP contribution in [0.3, 0.4) is 0 Å². The Bertz CT molecular complexity index is 1570. The van der Waals surface area contributed by atoms with Gasteiger partial charge in [-0.25, -0.2) is 23.2 Å². The smallest absolute Gasteiger partial charge is 0.338 e. The van der Waals surface area contributed by atoms with Crippen molar-refractivity contribution in [1.29, 1.82) is 0 Å². The van der Waals surface area contributed by atoms with Gasteiger partial charge in [-0.3, -0.25) is 4.79 Å². The van der Waals surface area contributed by atoms with Gasteiger partial charge in [0.2, 0.25) is 0 Å². The summed E-state index contributed by atoms with van der Waals surface area (Å²) < 4.78 is 51.5. The Kier molecular flexibility index (Phi) is 9.31. The maximum absolute atomic E-state index is 15.5. The minimum Gasteiger partial charge on any atom is -0.429 e. The second kappa shape index (κ2) is 12.6. The average molecular weight is 563 g/mol. The zero-order valence-corrected chi connectivity index (χ0v) is 22.3. The fraction of sp³-hybridized carbons (Fsp3) is 0.0968. The molecule has 0 amide bonds. The van der Waals surface area contributed by atoms with E-state index in [4.69, 9.17) is 18.9 Å². The zero-order valence-electron chi connectivity index (χ0n) is 22.3. The third-order valence-electron chi connectivity index (χ3n) is 5.33. The molecule has 3 aromatic carbocycles. The van der Waals surface area contributed by atoms with Crippen molar-refractivity contribution in [3.8, 4) is 45.3 Å². The fourth-order valence-corrected chi connectivity index (χ4v) is 3.33. The summed E-state index contributed by atoms with van der Waals surface area (Å²) in [4.78, 5) is 47.0. The topological polar surface area (TPSA) is 105 Å². The van der Waals surface area contributed by atoms with E-state index in [-0.39, 0.29) is 68.4 Å². The van der Waals surface area contributed by atoms with Crippen LogP contribution < -0.4 is 18.9 Å². The minimum atomic E-state index is -1.30. The number of halogens is 2. The lowest BCUT2D eigenvalue weighted by atomic mass is 9.98. The predicted octanol–water partition coefficient (Wildman–Crippen LogP) is 6.28. The van der Waals surface area contributed by atoms with E-state index in [1.54, 1.807) is 0 Å². The van der Waals surface area contributed by atoms with Crippen molar-refractivity contribution in [2.45, 2.75) is 20.8 Å². The number of benzene rings is 3. The molecule has 8 nitrogen and oxygen atoms in total. The van der Waals surface area contributed by atoms with Gasteiger partial charge in [-0.1, -0.05) is 31.9 Å². The summed E-state index contributed by atoms with van der Waals surface area (Å²) in [5.74, 6) is -5.40. The maximum Gasteiger partial charge on any atom is 0.338 e. The van der Waals surface area contributed by atoms with E-state index < -0.39 is 29.5 Å². The second-order valence-electron chi connectivity index (χ2n) is 8.90. The molecule has 41 heavy (non-hydrogen) atoms. The summed E-state index contributed by atoms with van der Waals surface area (Å²) in [5, 5.41) is 0. The molecule has 3 rings (SSSR count). The highest BCUT2D eigenvalue weighted by Crippen LogP contribution is 2.37. The molecule has 0 N–H and O–H groups in total. The molecule has 0 saturated carbocycles. The molecule has 0 aromatic heterocycles. The molecule has 0 unspecified atom stereocenters. The third kappa shape index (κ3) is 7.39. The van der Waals surface area contributed by atoms with Gasteiger partial charge in [0.05, 0.1) is 0 Å². The first-order valence-corrected chi connectivity index (χ1v) is 11.8. The minimum absolute atomic E-state index is 0.0126. The molecule has 0 aliphatic carbocycles. The maximum atomic E-state index is 15.5. The van der Waals surface area contributed by atoms with Gasteiger partial charge in [0, 0.05) is 40.0 Å². The van der Waals surface area contributed by atoms with Gasteiger partial charge in [-0.15, -0.1) is 0 Å². The van der Waals surface area contributed by atoms with Crippen molar-refractivity contribution in [2.75, 3.05) is 0 Å². The molecule has 0 atom stereocenters. The van der Waals surface area contributed by atoms with Gasteiger partial charge in [-0.2, -0.15) is 0 Å². The highest BCUT2D eigenvalue weighted by atomic mass is 19.2. The van der Waals surface area contributed by atoms with E-state index >= 15 is 8.78 Å². The van der Waals surface area contributed by atoms with Gasteiger partial charge in [0.25, 0.3) is 6.47 Å². The molecule has 0 spiro atoms. The van der Waals surface area contributed by atoms with Crippen LogP contribution in [0.5, 0.6) is 23.0 Å². The van der Waals surface area contributed by atoms with Crippen molar-refractivity contribution in [3.63, 3.8) is 0 Å². The quantitative estimate of drug-likeness (QED) is 0.123. The Labute approximate surface area is 234 Å². The first kappa shape index (κ1) is 30.2. The Morgan fingerprint density at radius 3 is 1.24 bits per heavy atom. The number of carbonyl (C=O) groups is 4. The molecule has 0 aliphatic heterocycles. The summed E-state index contributed by atoms with van der Waals surface area (Å²) in [6, 6.07) is 9.93. The van der Waals surface area contributed by atoms with Crippen molar-refractivity contribution in [1.82, 2.24) is 0 Å².